The van der Waals surface area contributed by atoms with E-state index in [1.165, 1.54) is 7.11 Å². The van der Waals surface area contributed by atoms with E-state index in [2.05, 4.69) is 0 Å². The van der Waals surface area contributed by atoms with Gasteiger partial charge in [-0.2, -0.15) is 0 Å². The summed E-state index contributed by atoms with van der Waals surface area (Å²) in [6, 6.07) is 15.4. The van der Waals surface area contributed by atoms with E-state index in [0.717, 1.165) is 9.80 Å². The number of ether oxygens (including phenoxy) is 1. The first-order chi connectivity index (χ1) is 12.1. The van der Waals surface area contributed by atoms with Gasteiger partial charge in [0, 0.05) is 10.6 Å². The molecule has 1 atom stereocenters. The predicted octanol–water partition coefficient (Wildman–Crippen LogP) is 3.01. The molecule has 0 unspecified atom stereocenters. The molecule has 0 saturated carbocycles. The lowest BCUT2D eigenvalue weighted by Gasteiger charge is -2.23. The Kier molecular flexibility index (Phi) is 5.19. The van der Waals surface area contributed by atoms with E-state index in [1.807, 2.05) is 30.3 Å². The summed E-state index contributed by atoms with van der Waals surface area (Å²) in [6.07, 6.45) is 0.331. The van der Waals surface area contributed by atoms with Crippen molar-refractivity contribution in [3.05, 3.63) is 65.7 Å². The second-order valence-electron chi connectivity index (χ2n) is 5.52. The molecule has 0 N–H and O–H groups in total. The number of thioether (sulfide) groups is 1. The van der Waals surface area contributed by atoms with Crippen molar-refractivity contribution in [2.45, 2.75) is 17.4 Å². The molecule has 25 heavy (non-hydrogen) atoms. The largest absolute Gasteiger partial charge is 0.467 e. The predicted molar refractivity (Wildman–Crippen MR) is 94.5 cm³/mol. The minimum Gasteiger partial charge on any atom is -0.467 e. The summed E-state index contributed by atoms with van der Waals surface area (Å²) >= 11 is 1.56. The Hall–Kier alpha value is -2.60. The molecule has 0 saturated heterocycles. The standard InChI is InChI=1S/C19H17NO4S/c1-24-19(23)16(11-12-25-13-7-3-2-4-8-13)20-17(21)14-9-5-6-10-15(14)18(20)22/h2-10,16H,11-12H2,1H3/t16-/m0/s1. The summed E-state index contributed by atoms with van der Waals surface area (Å²) in [5, 5.41) is 0. The van der Waals surface area contributed by atoms with E-state index in [4.69, 9.17) is 4.74 Å². The summed E-state index contributed by atoms with van der Waals surface area (Å²) in [6.45, 7) is 0. The summed E-state index contributed by atoms with van der Waals surface area (Å²) in [7, 11) is 1.26. The van der Waals surface area contributed by atoms with Crippen LogP contribution in [0.1, 0.15) is 27.1 Å². The number of imide groups is 1. The summed E-state index contributed by atoms with van der Waals surface area (Å²) < 4.78 is 4.83. The molecule has 0 spiro atoms. The van der Waals surface area contributed by atoms with Crippen molar-refractivity contribution in [2.24, 2.45) is 0 Å². The highest BCUT2D eigenvalue weighted by Gasteiger charge is 2.42. The molecule has 128 valence electrons. The van der Waals surface area contributed by atoms with E-state index in [-0.39, 0.29) is 0 Å². The van der Waals surface area contributed by atoms with Gasteiger partial charge in [-0.15, -0.1) is 11.8 Å². The molecule has 2 aromatic rings. The minimum atomic E-state index is -0.923. The molecule has 1 aliphatic heterocycles. The van der Waals surface area contributed by atoms with Gasteiger partial charge in [0.15, 0.2) is 0 Å². The Morgan fingerprint density at radius 1 is 1.00 bits per heavy atom. The number of rotatable bonds is 6. The molecule has 2 amide bonds. The topological polar surface area (TPSA) is 63.7 Å². The normalized spacial score (nSPS) is 14.4. The van der Waals surface area contributed by atoms with Crippen LogP contribution in [0.4, 0.5) is 0 Å². The van der Waals surface area contributed by atoms with Gasteiger partial charge in [-0.05, 0) is 30.7 Å². The first-order valence-electron chi connectivity index (χ1n) is 7.86. The van der Waals surface area contributed by atoms with Crippen LogP contribution in [-0.4, -0.2) is 41.6 Å². The van der Waals surface area contributed by atoms with Crippen molar-refractivity contribution in [1.82, 2.24) is 4.90 Å². The smallest absolute Gasteiger partial charge is 0.329 e. The monoisotopic (exact) mass is 355 g/mol. The summed E-state index contributed by atoms with van der Waals surface area (Å²) in [4.78, 5) is 39.5. The third kappa shape index (κ3) is 3.44. The highest BCUT2D eigenvalue weighted by molar-refractivity contribution is 7.99. The van der Waals surface area contributed by atoms with Crippen LogP contribution in [0.25, 0.3) is 0 Å². The molecule has 3 rings (SSSR count). The fraction of sp³-hybridized carbons (Fsp3) is 0.211. The number of hydrogen-bond acceptors (Lipinski definition) is 5. The van der Waals surface area contributed by atoms with Crippen LogP contribution >= 0.6 is 11.8 Å². The number of amides is 2. The van der Waals surface area contributed by atoms with Crippen molar-refractivity contribution in [3.63, 3.8) is 0 Å². The molecular formula is C19H17NO4S. The van der Waals surface area contributed by atoms with E-state index in [1.54, 1.807) is 36.0 Å². The third-order valence-electron chi connectivity index (χ3n) is 4.01. The highest BCUT2D eigenvalue weighted by Crippen LogP contribution is 2.27. The molecule has 0 aliphatic carbocycles. The third-order valence-corrected chi connectivity index (χ3v) is 5.06. The average Bonchev–Trinajstić information content (AvgIpc) is 2.90. The maximum Gasteiger partial charge on any atom is 0.329 e. The summed E-state index contributed by atoms with van der Waals surface area (Å²) in [5.74, 6) is -0.887. The van der Waals surface area contributed by atoms with Gasteiger partial charge in [0.1, 0.15) is 6.04 Å². The zero-order chi connectivity index (χ0) is 17.8. The van der Waals surface area contributed by atoms with Crippen molar-refractivity contribution >= 4 is 29.5 Å². The molecule has 6 heteroatoms. The van der Waals surface area contributed by atoms with Gasteiger partial charge in [0.25, 0.3) is 11.8 Å². The number of hydrogen-bond donors (Lipinski definition) is 0. The first-order valence-corrected chi connectivity index (χ1v) is 8.84. The molecule has 0 aromatic heterocycles. The molecular weight excluding hydrogens is 338 g/mol. The summed E-state index contributed by atoms with van der Waals surface area (Å²) in [5.41, 5.74) is 0.661. The number of nitrogens with zero attached hydrogens (tertiary/aromatic N) is 1. The molecule has 0 radical (unpaired) electrons. The Labute approximate surface area is 150 Å². The van der Waals surface area contributed by atoms with Crippen LogP contribution in [0.3, 0.4) is 0 Å². The lowest BCUT2D eigenvalue weighted by molar-refractivity contribution is -0.145. The van der Waals surface area contributed by atoms with E-state index < -0.39 is 23.8 Å². The number of fused-ring (bicyclic) bond motifs is 1. The molecule has 1 aliphatic rings. The molecule has 2 aromatic carbocycles. The van der Waals surface area contributed by atoms with Gasteiger partial charge in [-0.1, -0.05) is 30.3 Å². The zero-order valence-corrected chi connectivity index (χ0v) is 14.5. The Balaban J connectivity index is 1.76. The maximum atomic E-state index is 12.6. The highest BCUT2D eigenvalue weighted by atomic mass is 32.2. The number of carbonyl (C=O) groups excluding carboxylic acids is 3. The van der Waals surface area contributed by atoms with Crippen LogP contribution in [-0.2, 0) is 9.53 Å². The van der Waals surface area contributed by atoms with Gasteiger partial charge in [0.2, 0.25) is 0 Å². The van der Waals surface area contributed by atoms with Crippen LogP contribution in [0, 0.1) is 0 Å². The molecule has 0 bridgehead atoms. The van der Waals surface area contributed by atoms with Gasteiger partial charge in [-0.3, -0.25) is 14.5 Å². The van der Waals surface area contributed by atoms with Crippen LogP contribution in [0.2, 0.25) is 0 Å². The van der Waals surface area contributed by atoms with Crippen LogP contribution in [0.5, 0.6) is 0 Å². The van der Waals surface area contributed by atoms with Gasteiger partial charge < -0.3 is 4.74 Å². The molecule has 0 fully saturated rings. The molecule has 5 nitrogen and oxygen atoms in total. The van der Waals surface area contributed by atoms with Crippen molar-refractivity contribution in [1.29, 1.82) is 0 Å². The lowest BCUT2D eigenvalue weighted by Crippen LogP contribution is -2.45. The quantitative estimate of drug-likeness (QED) is 0.453. The van der Waals surface area contributed by atoms with Crippen molar-refractivity contribution in [2.75, 3.05) is 12.9 Å². The van der Waals surface area contributed by atoms with Crippen molar-refractivity contribution < 1.29 is 19.1 Å². The van der Waals surface area contributed by atoms with Crippen molar-refractivity contribution in [3.8, 4) is 0 Å². The second kappa shape index (κ2) is 7.53. The molecule has 1 heterocycles. The number of esters is 1. The maximum absolute atomic E-state index is 12.6. The van der Waals surface area contributed by atoms with Crippen LogP contribution < -0.4 is 0 Å². The van der Waals surface area contributed by atoms with Gasteiger partial charge >= 0.3 is 5.97 Å². The van der Waals surface area contributed by atoms with Gasteiger partial charge in [0.05, 0.1) is 18.2 Å². The van der Waals surface area contributed by atoms with E-state index in [0.29, 0.717) is 23.3 Å². The average molecular weight is 355 g/mol. The second-order valence-corrected chi connectivity index (χ2v) is 6.68. The first kappa shape index (κ1) is 17.2. The minimum absolute atomic E-state index is 0.331. The van der Waals surface area contributed by atoms with Crippen LogP contribution in [0.15, 0.2) is 59.5 Å². The number of methoxy groups -OCH3 is 1. The Bertz CT molecular complexity index is 771. The SMILES string of the molecule is COC(=O)[C@H](CCSc1ccccc1)N1C(=O)c2ccccc2C1=O. The number of carbonyl (C=O) groups is 3. The lowest BCUT2D eigenvalue weighted by atomic mass is 10.1. The van der Waals surface area contributed by atoms with Gasteiger partial charge in [-0.25, -0.2) is 4.79 Å². The fourth-order valence-corrected chi connectivity index (χ4v) is 3.71. The van der Waals surface area contributed by atoms with E-state index >= 15 is 0 Å². The number of benzene rings is 2. The Morgan fingerprint density at radius 3 is 2.12 bits per heavy atom. The Morgan fingerprint density at radius 2 is 1.56 bits per heavy atom. The fourth-order valence-electron chi connectivity index (χ4n) is 2.78. The zero-order valence-electron chi connectivity index (χ0n) is 13.7. The van der Waals surface area contributed by atoms with E-state index in [9.17, 15) is 14.4 Å².